The van der Waals surface area contributed by atoms with E-state index in [-0.39, 0.29) is 36.2 Å². The number of benzene rings is 1. The highest BCUT2D eigenvalue weighted by atomic mass is 35.5. The van der Waals surface area contributed by atoms with Crippen molar-refractivity contribution in [3.8, 4) is 0 Å². The Balaban J connectivity index is 0.00000243. The largest absolute Gasteiger partial charge is 0.338 e. The first kappa shape index (κ1) is 20.7. The lowest BCUT2D eigenvalue weighted by atomic mass is 9.99. The lowest BCUT2D eigenvalue weighted by Gasteiger charge is -2.31. The number of piperidine rings is 1. The Hall–Kier alpha value is -1.59. The summed E-state index contributed by atoms with van der Waals surface area (Å²) >= 11 is 0. The quantitative estimate of drug-likeness (QED) is 0.845. The molecule has 1 aromatic rings. The number of likely N-dealkylation sites (tertiary alicyclic amines) is 1. The minimum Gasteiger partial charge on any atom is -0.338 e. The zero-order chi connectivity index (χ0) is 18.0. The molecule has 1 aliphatic heterocycles. The van der Waals surface area contributed by atoms with Gasteiger partial charge in [0.25, 0.3) is 5.91 Å². The van der Waals surface area contributed by atoms with Gasteiger partial charge in [-0.1, -0.05) is 6.92 Å². The van der Waals surface area contributed by atoms with Gasteiger partial charge >= 0.3 is 0 Å². The molecule has 0 spiro atoms. The summed E-state index contributed by atoms with van der Waals surface area (Å²) in [5.41, 5.74) is 8.31. The number of hydrogen-bond acceptors (Lipinski definition) is 3. The fourth-order valence-corrected chi connectivity index (χ4v) is 3.98. The van der Waals surface area contributed by atoms with Crippen molar-refractivity contribution >= 4 is 29.9 Å². The summed E-state index contributed by atoms with van der Waals surface area (Å²) in [5.74, 6) is 0.704. The summed E-state index contributed by atoms with van der Waals surface area (Å²) in [4.78, 5) is 27.0. The molecule has 2 amide bonds. The summed E-state index contributed by atoms with van der Waals surface area (Å²) < 4.78 is 0. The van der Waals surface area contributed by atoms with Crippen LogP contribution in [0, 0.1) is 18.8 Å². The minimum atomic E-state index is 0. The number of nitrogens with zero attached hydrogens (tertiary/aromatic N) is 1. The lowest BCUT2D eigenvalue weighted by Crippen LogP contribution is -2.39. The molecule has 3 rings (SSSR count). The average Bonchev–Trinajstić information content (AvgIpc) is 3.02. The number of nitrogens with two attached hydrogens (primary N) is 1. The zero-order valence-corrected chi connectivity index (χ0v) is 16.5. The highest BCUT2D eigenvalue weighted by Gasteiger charge is 2.28. The molecule has 1 aromatic carbocycles. The van der Waals surface area contributed by atoms with Gasteiger partial charge in [-0.2, -0.15) is 0 Å². The first-order chi connectivity index (χ1) is 11.9. The summed E-state index contributed by atoms with van der Waals surface area (Å²) in [6.45, 7) is 5.80. The number of anilines is 1. The van der Waals surface area contributed by atoms with Gasteiger partial charge in [-0.15, -0.1) is 12.4 Å². The van der Waals surface area contributed by atoms with Crippen LogP contribution in [0.15, 0.2) is 18.2 Å². The van der Waals surface area contributed by atoms with Gasteiger partial charge in [-0.25, -0.2) is 0 Å². The maximum atomic E-state index is 12.7. The highest BCUT2D eigenvalue weighted by molar-refractivity contribution is 5.97. The second-order valence-electron chi connectivity index (χ2n) is 7.79. The predicted molar refractivity (Wildman–Crippen MR) is 107 cm³/mol. The van der Waals surface area contributed by atoms with Gasteiger partial charge in [-0.3, -0.25) is 9.59 Å². The second-order valence-corrected chi connectivity index (χ2v) is 7.79. The van der Waals surface area contributed by atoms with E-state index in [4.69, 9.17) is 5.73 Å². The fraction of sp³-hybridized carbons (Fsp3) is 0.600. The molecule has 0 aromatic heterocycles. The molecule has 0 radical (unpaired) electrons. The third kappa shape index (κ3) is 4.77. The fourth-order valence-electron chi connectivity index (χ4n) is 3.98. The summed E-state index contributed by atoms with van der Waals surface area (Å²) in [5, 5.41) is 3.01. The van der Waals surface area contributed by atoms with E-state index in [2.05, 4.69) is 12.2 Å². The number of halogens is 1. The van der Waals surface area contributed by atoms with Crippen molar-refractivity contribution in [2.45, 2.75) is 52.0 Å². The monoisotopic (exact) mass is 379 g/mol. The first-order valence-corrected chi connectivity index (χ1v) is 9.40. The van der Waals surface area contributed by atoms with Crippen molar-refractivity contribution in [1.29, 1.82) is 0 Å². The zero-order valence-electron chi connectivity index (χ0n) is 15.7. The number of hydrogen-bond donors (Lipinski definition) is 2. The van der Waals surface area contributed by atoms with Crippen LogP contribution in [0.25, 0.3) is 0 Å². The molecule has 1 heterocycles. The number of carbonyl (C=O) groups excluding carboxylic acids is 2. The standard InChI is InChI=1S/C20H29N3O2.ClH/c1-13-4-3-9-23(12-13)20(25)16-6-8-18(14(2)10-16)22-19(24)15-5-7-17(21)11-15;/h6,8,10,13,15,17H,3-5,7,9,11-12,21H2,1-2H3,(H,22,24);1H. The van der Waals surface area contributed by atoms with Crippen LogP contribution in [0.5, 0.6) is 0 Å². The first-order valence-electron chi connectivity index (χ1n) is 9.40. The van der Waals surface area contributed by atoms with E-state index in [0.29, 0.717) is 11.5 Å². The Morgan fingerprint density at radius 2 is 2.00 bits per heavy atom. The molecule has 2 aliphatic rings. The molecule has 26 heavy (non-hydrogen) atoms. The Morgan fingerprint density at radius 1 is 1.23 bits per heavy atom. The predicted octanol–water partition coefficient (Wildman–Crippen LogP) is 3.35. The van der Waals surface area contributed by atoms with Crippen molar-refractivity contribution in [3.05, 3.63) is 29.3 Å². The molecular formula is C20H30ClN3O2. The number of nitrogens with one attached hydrogen (secondary N) is 1. The van der Waals surface area contributed by atoms with Gasteiger partial charge in [-0.05, 0) is 68.7 Å². The Bertz CT molecular complexity index is 664. The third-order valence-electron chi connectivity index (χ3n) is 5.52. The van der Waals surface area contributed by atoms with Crippen LogP contribution < -0.4 is 11.1 Å². The maximum Gasteiger partial charge on any atom is 0.253 e. The van der Waals surface area contributed by atoms with Crippen LogP contribution in [0.3, 0.4) is 0 Å². The smallest absolute Gasteiger partial charge is 0.253 e. The van der Waals surface area contributed by atoms with Gasteiger partial charge in [0.05, 0.1) is 0 Å². The van der Waals surface area contributed by atoms with E-state index in [1.807, 2.05) is 30.0 Å². The molecule has 6 heteroatoms. The van der Waals surface area contributed by atoms with Gasteiger partial charge < -0.3 is 16.0 Å². The summed E-state index contributed by atoms with van der Waals surface area (Å²) in [6.07, 6.45) is 4.80. The molecule has 1 aliphatic carbocycles. The second kappa shape index (κ2) is 8.87. The minimum absolute atomic E-state index is 0. The number of carbonyl (C=O) groups is 2. The molecule has 3 atom stereocenters. The molecule has 1 saturated heterocycles. The molecular weight excluding hydrogens is 350 g/mol. The van der Waals surface area contributed by atoms with Crippen LogP contribution >= 0.6 is 12.4 Å². The maximum absolute atomic E-state index is 12.7. The van der Waals surface area contributed by atoms with Crippen molar-refractivity contribution in [1.82, 2.24) is 4.90 Å². The van der Waals surface area contributed by atoms with E-state index in [1.54, 1.807) is 0 Å². The molecule has 0 bridgehead atoms. The lowest BCUT2D eigenvalue weighted by molar-refractivity contribution is -0.119. The van der Waals surface area contributed by atoms with Gasteiger partial charge in [0.2, 0.25) is 5.91 Å². The van der Waals surface area contributed by atoms with Gasteiger partial charge in [0, 0.05) is 36.3 Å². The van der Waals surface area contributed by atoms with E-state index in [9.17, 15) is 9.59 Å². The molecule has 1 saturated carbocycles. The summed E-state index contributed by atoms with van der Waals surface area (Å²) in [6, 6.07) is 5.70. The average molecular weight is 380 g/mol. The van der Waals surface area contributed by atoms with Crippen molar-refractivity contribution in [3.63, 3.8) is 0 Å². The number of rotatable bonds is 3. The van der Waals surface area contributed by atoms with Crippen molar-refractivity contribution < 1.29 is 9.59 Å². The molecule has 3 unspecified atom stereocenters. The van der Waals surface area contributed by atoms with E-state index in [1.165, 1.54) is 6.42 Å². The van der Waals surface area contributed by atoms with Crippen LogP contribution in [-0.4, -0.2) is 35.8 Å². The van der Waals surface area contributed by atoms with Crippen molar-refractivity contribution in [2.75, 3.05) is 18.4 Å². The van der Waals surface area contributed by atoms with Crippen LogP contribution in [0.2, 0.25) is 0 Å². The summed E-state index contributed by atoms with van der Waals surface area (Å²) in [7, 11) is 0. The van der Waals surface area contributed by atoms with Crippen molar-refractivity contribution in [2.24, 2.45) is 17.6 Å². The number of aryl methyl sites for hydroxylation is 1. The van der Waals surface area contributed by atoms with Gasteiger partial charge in [0.15, 0.2) is 0 Å². The van der Waals surface area contributed by atoms with Crippen LogP contribution in [0.4, 0.5) is 5.69 Å². The SMILES string of the molecule is Cc1cc(C(=O)N2CCCC(C)C2)ccc1NC(=O)C1CCC(N)C1.Cl. The normalized spacial score (nSPS) is 25.5. The van der Waals surface area contributed by atoms with E-state index >= 15 is 0 Å². The van der Waals surface area contributed by atoms with E-state index in [0.717, 1.165) is 50.0 Å². The molecule has 144 valence electrons. The van der Waals surface area contributed by atoms with Gasteiger partial charge in [0.1, 0.15) is 0 Å². The Morgan fingerprint density at radius 3 is 2.62 bits per heavy atom. The van der Waals surface area contributed by atoms with Crippen LogP contribution in [-0.2, 0) is 4.79 Å². The third-order valence-corrected chi connectivity index (χ3v) is 5.52. The number of amides is 2. The topological polar surface area (TPSA) is 75.4 Å². The Labute approximate surface area is 162 Å². The van der Waals surface area contributed by atoms with E-state index < -0.39 is 0 Å². The highest BCUT2D eigenvalue weighted by Crippen LogP contribution is 2.27. The Kier molecular flexibility index (Phi) is 7.07. The van der Waals surface area contributed by atoms with Crippen LogP contribution in [0.1, 0.15) is 54.9 Å². The molecule has 3 N–H and O–H groups in total. The molecule has 2 fully saturated rings. The molecule has 5 nitrogen and oxygen atoms in total.